The molecule has 0 saturated carbocycles. The Hall–Kier alpha value is -3.33. The molecule has 6 nitrogen and oxygen atoms in total. The molecule has 0 spiro atoms. The number of anilines is 1. The monoisotopic (exact) mass is 320 g/mol. The highest BCUT2D eigenvalue weighted by Gasteiger charge is 2.08. The van der Waals surface area contributed by atoms with Gasteiger partial charge in [0.05, 0.1) is 24.8 Å². The molecule has 0 atom stereocenters. The van der Waals surface area contributed by atoms with Crippen LogP contribution in [-0.4, -0.2) is 16.7 Å². The number of aromatic nitrogens is 2. The summed E-state index contributed by atoms with van der Waals surface area (Å²) in [4.78, 5) is 4.37. The van der Waals surface area contributed by atoms with Crippen molar-refractivity contribution in [1.29, 1.82) is 5.26 Å². The van der Waals surface area contributed by atoms with Crippen LogP contribution in [0.2, 0.25) is 0 Å². The predicted molar refractivity (Wildman–Crippen MR) is 89.4 cm³/mol. The lowest BCUT2D eigenvalue weighted by Crippen LogP contribution is -1.99. The van der Waals surface area contributed by atoms with Gasteiger partial charge < -0.3 is 14.6 Å². The molecular formula is C18H16N4O2. The van der Waals surface area contributed by atoms with Gasteiger partial charge in [0.15, 0.2) is 0 Å². The van der Waals surface area contributed by atoms with Gasteiger partial charge in [0.2, 0.25) is 11.7 Å². The predicted octanol–water partition coefficient (Wildman–Crippen LogP) is 3.62. The van der Waals surface area contributed by atoms with E-state index in [0.29, 0.717) is 30.4 Å². The third-order valence-electron chi connectivity index (χ3n) is 3.33. The van der Waals surface area contributed by atoms with Crippen LogP contribution in [0.5, 0.6) is 5.75 Å². The van der Waals surface area contributed by atoms with Crippen LogP contribution < -0.4 is 10.1 Å². The molecule has 6 heteroatoms. The van der Waals surface area contributed by atoms with Gasteiger partial charge in [0.1, 0.15) is 5.75 Å². The number of nitrogens with zero attached hydrogens (tertiary/aromatic N) is 3. The summed E-state index contributed by atoms with van der Waals surface area (Å²) in [7, 11) is 0. The van der Waals surface area contributed by atoms with Gasteiger partial charge in [-0.15, -0.1) is 0 Å². The van der Waals surface area contributed by atoms with Crippen LogP contribution in [0.3, 0.4) is 0 Å². The quantitative estimate of drug-likeness (QED) is 0.747. The first kappa shape index (κ1) is 15.6. The van der Waals surface area contributed by atoms with Crippen molar-refractivity contribution in [2.75, 3.05) is 11.9 Å². The molecule has 0 aliphatic heterocycles. The molecule has 120 valence electrons. The molecule has 0 aliphatic carbocycles. The van der Waals surface area contributed by atoms with E-state index in [0.717, 1.165) is 17.0 Å². The Morgan fingerprint density at radius 1 is 1.21 bits per heavy atom. The molecule has 0 amide bonds. The molecule has 1 heterocycles. The SMILES string of the molecule is CCOc1ccc(-c2noc(CNc3cccc(C#N)c3)n2)cc1. The summed E-state index contributed by atoms with van der Waals surface area (Å²) in [6.45, 7) is 2.96. The maximum Gasteiger partial charge on any atom is 0.246 e. The highest BCUT2D eigenvalue weighted by molar-refractivity contribution is 5.55. The number of hydrogen-bond acceptors (Lipinski definition) is 6. The fraction of sp³-hybridized carbons (Fsp3) is 0.167. The summed E-state index contributed by atoms with van der Waals surface area (Å²) in [6.07, 6.45) is 0. The average Bonchev–Trinajstić information content (AvgIpc) is 3.10. The second-order valence-electron chi connectivity index (χ2n) is 5.02. The van der Waals surface area contributed by atoms with Crippen LogP contribution in [-0.2, 0) is 6.54 Å². The summed E-state index contributed by atoms with van der Waals surface area (Å²) < 4.78 is 10.7. The topological polar surface area (TPSA) is 84.0 Å². The van der Waals surface area contributed by atoms with E-state index in [1.54, 1.807) is 12.1 Å². The third-order valence-corrected chi connectivity index (χ3v) is 3.33. The van der Waals surface area contributed by atoms with Crippen molar-refractivity contribution in [3.05, 3.63) is 60.0 Å². The van der Waals surface area contributed by atoms with Gasteiger partial charge in [-0.05, 0) is 49.4 Å². The summed E-state index contributed by atoms with van der Waals surface area (Å²) in [6, 6.07) is 16.9. The van der Waals surface area contributed by atoms with Gasteiger partial charge in [-0.3, -0.25) is 0 Å². The minimum absolute atomic E-state index is 0.388. The highest BCUT2D eigenvalue weighted by Crippen LogP contribution is 2.20. The van der Waals surface area contributed by atoms with Crippen molar-refractivity contribution >= 4 is 5.69 Å². The highest BCUT2D eigenvalue weighted by atomic mass is 16.5. The normalized spacial score (nSPS) is 10.2. The maximum atomic E-state index is 8.90. The zero-order valence-corrected chi connectivity index (χ0v) is 13.2. The first-order valence-corrected chi connectivity index (χ1v) is 7.58. The first-order chi connectivity index (χ1) is 11.8. The van der Waals surface area contributed by atoms with Crippen LogP contribution in [0, 0.1) is 11.3 Å². The fourth-order valence-electron chi connectivity index (χ4n) is 2.19. The number of nitrogens with one attached hydrogen (secondary N) is 1. The van der Waals surface area contributed by atoms with Crippen molar-refractivity contribution in [1.82, 2.24) is 10.1 Å². The Morgan fingerprint density at radius 3 is 2.79 bits per heavy atom. The molecule has 0 radical (unpaired) electrons. The van der Waals surface area contributed by atoms with Crippen molar-refractivity contribution < 1.29 is 9.26 Å². The summed E-state index contributed by atoms with van der Waals surface area (Å²) in [5.74, 6) is 1.81. The Bertz CT molecular complexity index is 850. The van der Waals surface area contributed by atoms with E-state index in [1.807, 2.05) is 43.3 Å². The molecule has 0 unspecified atom stereocenters. The van der Waals surface area contributed by atoms with Crippen molar-refractivity contribution in [3.63, 3.8) is 0 Å². The standard InChI is InChI=1S/C18H16N4O2/c1-2-23-16-8-6-14(7-9-16)18-21-17(24-22-18)12-20-15-5-3-4-13(10-15)11-19/h3-10,20H,2,12H2,1H3. The zero-order chi connectivity index (χ0) is 16.8. The van der Waals surface area contributed by atoms with Gasteiger partial charge >= 0.3 is 0 Å². The molecule has 1 N–H and O–H groups in total. The van der Waals surface area contributed by atoms with E-state index in [-0.39, 0.29) is 0 Å². The van der Waals surface area contributed by atoms with Crippen molar-refractivity contribution in [2.24, 2.45) is 0 Å². The lowest BCUT2D eigenvalue weighted by molar-refractivity contribution is 0.340. The molecule has 0 saturated heterocycles. The largest absolute Gasteiger partial charge is 0.494 e. The molecule has 3 rings (SSSR count). The number of hydrogen-bond donors (Lipinski definition) is 1. The van der Waals surface area contributed by atoms with Gasteiger partial charge in [-0.2, -0.15) is 10.2 Å². The summed E-state index contributed by atoms with van der Waals surface area (Å²) in [5, 5.41) is 16.1. The van der Waals surface area contributed by atoms with Crippen molar-refractivity contribution in [3.8, 4) is 23.2 Å². The third kappa shape index (κ3) is 3.70. The Balaban J connectivity index is 1.65. The molecule has 3 aromatic rings. The maximum absolute atomic E-state index is 8.90. The molecule has 0 bridgehead atoms. The summed E-state index contributed by atoms with van der Waals surface area (Å²) >= 11 is 0. The molecule has 0 aliphatic rings. The molecule has 2 aromatic carbocycles. The average molecular weight is 320 g/mol. The zero-order valence-electron chi connectivity index (χ0n) is 13.2. The van der Waals surface area contributed by atoms with Gasteiger partial charge in [-0.25, -0.2) is 0 Å². The van der Waals surface area contributed by atoms with Crippen LogP contribution in [0.25, 0.3) is 11.4 Å². The smallest absolute Gasteiger partial charge is 0.246 e. The molecular weight excluding hydrogens is 304 g/mol. The lowest BCUT2D eigenvalue weighted by Gasteiger charge is -2.03. The molecule has 24 heavy (non-hydrogen) atoms. The molecule has 1 aromatic heterocycles. The molecule has 0 fully saturated rings. The minimum Gasteiger partial charge on any atom is -0.494 e. The van der Waals surface area contributed by atoms with Crippen molar-refractivity contribution in [2.45, 2.75) is 13.5 Å². The Kier molecular flexibility index (Phi) is 4.73. The van der Waals surface area contributed by atoms with Crippen LogP contribution in [0.1, 0.15) is 18.4 Å². The fourth-order valence-corrected chi connectivity index (χ4v) is 2.19. The minimum atomic E-state index is 0.388. The number of nitriles is 1. The van der Waals surface area contributed by atoms with Gasteiger partial charge in [0.25, 0.3) is 0 Å². The van der Waals surface area contributed by atoms with E-state index in [4.69, 9.17) is 14.5 Å². The summed E-state index contributed by atoms with van der Waals surface area (Å²) in [5.41, 5.74) is 2.29. The second-order valence-corrected chi connectivity index (χ2v) is 5.02. The number of rotatable bonds is 6. The Morgan fingerprint density at radius 2 is 2.04 bits per heavy atom. The van der Waals surface area contributed by atoms with Gasteiger partial charge in [-0.1, -0.05) is 11.2 Å². The number of benzene rings is 2. The van der Waals surface area contributed by atoms with E-state index >= 15 is 0 Å². The Labute approximate surface area is 139 Å². The van der Waals surface area contributed by atoms with E-state index in [2.05, 4.69) is 21.5 Å². The van der Waals surface area contributed by atoms with Crippen LogP contribution >= 0.6 is 0 Å². The van der Waals surface area contributed by atoms with E-state index < -0.39 is 0 Å². The first-order valence-electron chi connectivity index (χ1n) is 7.58. The van der Waals surface area contributed by atoms with Crippen LogP contribution in [0.15, 0.2) is 53.1 Å². The van der Waals surface area contributed by atoms with Crippen LogP contribution in [0.4, 0.5) is 5.69 Å². The number of ether oxygens (including phenoxy) is 1. The lowest BCUT2D eigenvalue weighted by atomic mass is 10.2. The van der Waals surface area contributed by atoms with E-state index in [1.165, 1.54) is 0 Å². The van der Waals surface area contributed by atoms with Gasteiger partial charge in [0, 0.05) is 11.3 Å². The second kappa shape index (κ2) is 7.29. The van der Waals surface area contributed by atoms with E-state index in [9.17, 15) is 0 Å².